The van der Waals surface area contributed by atoms with Crippen molar-refractivity contribution in [1.29, 1.82) is 0 Å². The molecule has 0 atom stereocenters. The first-order valence-electron chi connectivity index (χ1n) is 3.74. The van der Waals surface area contributed by atoms with Crippen LogP contribution in [-0.2, 0) is 9.53 Å². The molecule has 0 bridgehead atoms. The summed E-state index contributed by atoms with van der Waals surface area (Å²) < 4.78 is 4.67. The Hall–Kier alpha value is -0.860. The Morgan fingerprint density at radius 3 is 2.73 bits per heavy atom. The average molecular weight is 155 g/mol. The van der Waals surface area contributed by atoms with E-state index in [1.165, 1.54) is 7.11 Å². The molecule has 62 valence electrons. The maximum absolute atomic E-state index is 11.1. The van der Waals surface area contributed by atoms with Crippen molar-refractivity contribution in [2.45, 2.75) is 19.3 Å². The van der Waals surface area contributed by atoms with Crippen molar-refractivity contribution in [3.63, 3.8) is 0 Å². The number of aliphatic imine (C=N–C) groups is 1. The lowest BCUT2D eigenvalue weighted by Crippen LogP contribution is -2.17. The summed E-state index contributed by atoms with van der Waals surface area (Å²) in [6.45, 7) is 0. The summed E-state index contributed by atoms with van der Waals surface area (Å²) in [5.41, 5.74) is -0.200. The molecular weight excluding hydrogens is 142 g/mol. The predicted molar refractivity (Wildman–Crippen MR) is 42.7 cm³/mol. The van der Waals surface area contributed by atoms with Crippen LogP contribution in [0.25, 0.3) is 0 Å². The number of nitrogens with zero attached hydrogens (tertiary/aromatic N) is 1. The standard InChI is InChI=1S/C8H13NO2/c1-9-6-5-8(3-4-8)7(10)11-2/h6H,3-5H2,1-2H3/b9-6+. The number of esters is 1. The zero-order valence-electron chi connectivity index (χ0n) is 6.96. The van der Waals surface area contributed by atoms with E-state index in [0.29, 0.717) is 0 Å². The topological polar surface area (TPSA) is 38.7 Å². The van der Waals surface area contributed by atoms with Crippen LogP contribution in [0.5, 0.6) is 0 Å². The summed E-state index contributed by atoms with van der Waals surface area (Å²) in [5.74, 6) is -0.0857. The molecule has 0 N–H and O–H groups in total. The van der Waals surface area contributed by atoms with Crippen LogP contribution >= 0.6 is 0 Å². The molecule has 1 aliphatic rings. The quantitative estimate of drug-likeness (QED) is 0.451. The lowest BCUT2D eigenvalue weighted by Gasteiger charge is -2.07. The third-order valence-electron chi connectivity index (χ3n) is 2.14. The van der Waals surface area contributed by atoms with Gasteiger partial charge in [0.05, 0.1) is 12.5 Å². The van der Waals surface area contributed by atoms with Crippen LogP contribution in [-0.4, -0.2) is 26.3 Å². The highest BCUT2D eigenvalue weighted by molar-refractivity contribution is 5.83. The molecule has 0 heterocycles. The smallest absolute Gasteiger partial charge is 0.312 e. The number of carbonyl (C=O) groups excluding carboxylic acids is 1. The molecule has 1 saturated carbocycles. The first kappa shape index (κ1) is 8.24. The summed E-state index contributed by atoms with van der Waals surface area (Å²) in [6, 6.07) is 0. The Morgan fingerprint density at radius 1 is 1.73 bits per heavy atom. The summed E-state index contributed by atoms with van der Waals surface area (Å²) in [6.07, 6.45) is 4.41. The van der Waals surface area contributed by atoms with Crippen molar-refractivity contribution >= 4 is 12.2 Å². The maximum atomic E-state index is 11.1. The molecule has 0 aromatic heterocycles. The monoisotopic (exact) mass is 155 g/mol. The first-order valence-corrected chi connectivity index (χ1v) is 3.74. The van der Waals surface area contributed by atoms with Crippen LogP contribution in [0.3, 0.4) is 0 Å². The van der Waals surface area contributed by atoms with Gasteiger partial charge in [-0.05, 0) is 25.5 Å². The minimum atomic E-state index is -0.200. The normalized spacial score (nSPS) is 20.2. The fourth-order valence-electron chi connectivity index (χ4n) is 1.13. The molecule has 0 spiro atoms. The molecule has 0 unspecified atom stereocenters. The molecule has 0 amide bonds. The van der Waals surface area contributed by atoms with Gasteiger partial charge in [0.15, 0.2) is 0 Å². The van der Waals surface area contributed by atoms with Gasteiger partial charge in [0.2, 0.25) is 0 Å². The van der Waals surface area contributed by atoms with Crippen molar-refractivity contribution < 1.29 is 9.53 Å². The van der Waals surface area contributed by atoms with Crippen LogP contribution < -0.4 is 0 Å². The molecule has 3 nitrogen and oxygen atoms in total. The van der Waals surface area contributed by atoms with E-state index in [4.69, 9.17) is 0 Å². The second kappa shape index (κ2) is 3.03. The van der Waals surface area contributed by atoms with Crippen LogP contribution in [0, 0.1) is 5.41 Å². The Kier molecular flexibility index (Phi) is 2.27. The third-order valence-corrected chi connectivity index (χ3v) is 2.14. The molecule has 1 fully saturated rings. The number of methoxy groups -OCH3 is 1. The average Bonchev–Trinajstić information content (AvgIpc) is 2.80. The predicted octanol–water partition coefficient (Wildman–Crippen LogP) is 1.03. The fourth-order valence-corrected chi connectivity index (χ4v) is 1.13. The van der Waals surface area contributed by atoms with Crippen molar-refractivity contribution in [3.05, 3.63) is 0 Å². The van der Waals surface area contributed by atoms with E-state index in [1.807, 2.05) is 0 Å². The number of ether oxygens (including phenoxy) is 1. The number of carbonyl (C=O) groups is 1. The highest BCUT2D eigenvalue weighted by Gasteiger charge is 2.50. The molecule has 0 aromatic rings. The molecular formula is C8H13NO2. The molecule has 1 rings (SSSR count). The molecule has 0 aliphatic heterocycles. The zero-order valence-corrected chi connectivity index (χ0v) is 6.96. The van der Waals surface area contributed by atoms with Crippen LogP contribution in [0.2, 0.25) is 0 Å². The van der Waals surface area contributed by atoms with E-state index in [1.54, 1.807) is 13.3 Å². The fraction of sp³-hybridized carbons (Fsp3) is 0.750. The van der Waals surface area contributed by atoms with Gasteiger partial charge < -0.3 is 9.73 Å². The second-order valence-corrected chi connectivity index (χ2v) is 2.92. The van der Waals surface area contributed by atoms with Gasteiger partial charge >= 0.3 is 5.97 Å². The van der Waals surface area contributed by atoms with E-state index in [-0.39, 0.29) is 11.4 Å². The van der Waals surface area contributed by atoms with E-state index in [2.05, 4.69) is 9.73 Å². The van der Waals surface area contributed by atoms with E-state index >= 15 is 0 Å². The summed E-state index contributed by atoms with van der Waals surface area (Å²) in [5, 5.41) is 0. The highest BCUT2D eigenvalue weighted by atomic mass is 16.5. The minimum absolute atomic E-state index is 0.0857. The number of hydrogen-bond donors (Lipinski definition) is 0. The molecule has 3 heteroatoms. The van der Waals surface area contributed by atoms with Gasteiger partial charge in [-0.2, -0.15) is 0 Å². The number of hydrogen-bond acceptors (Lipinski definition) is 3. The van der Waals surface area contributed by atoms with Gasteiger partial charge in [0.25, 0.3) is 0 Å². The molecule has 0 aromatic carbocycles. The Bertz CT molecular complexity index is 183. The van der Waals surface area contributed by atoms with E-state index in [0.717, 1.165) is 19.3 Å². The largest absolute Gasteiger partial charge is 0.469 e. The van der Waals surface area contributed by atoms with Gasteiger partial charge in [-0.3, -0.25) is 4.79 Å². The Morgan fingerprint density at radius 2 is 2.36 bits per heavy atom. The van der Waals surface area contributed by atoms with Gasteiger partial charge in [0.1, 0.15) is 0 Å². The van der Waals surface area contributed by atoms with Crippen molar-refractivity contribution in [2.24, 2.45) is 10.4 Å². The molecule has 0 radical (unpaired) electrons. The van der Waals surface area contributed by atoms with Crippen LogP contribution in [0.15, 0.2) is 4.99 Å². The third kappa shape index (κ3) is 1.59. The Balaban J connectivity index is 2.47. The van der Waals surface area contributed by atoms with Gasteiger partial charge in [0, 0.05) is 7.05 Å². The van der Waals surface area contributed by atoms with E-state index in [9.17, 15) is 4.79 Å². The van der Waals surface area contributed by atoms with Gasteiger partial charge in [-0.1, -0.05) is 0 Å². The van der Waals surface area contributed by atoms with Crippen LogP contribution in [0.4, 0.5) is 0 Å². The first-order chi connectivity index (χ1) is 5.25. The lowest BCUT2D eigenvalue weighted by atomic mass is 10.0. The zero-order chi connectivity index (χ0) is 8.32. The summed E-state index contributed by atoms with van der Waals surface area (Å²) >= 11 is 0. The molecule has 0 saturated heterocycles. The van der Waals surface area contributed by atoms with Crippen molar-refractivity contribution in [3.8, 4) is 0 Å². The minimum Gasteiger partial charge on any atom is -0.469 e. The summed E-state index contributed by atoms with van der Waals surface area (Å²) in [4.78, 5) is 15.0. The maximum Gasteiger partial charge on any atom is 0.312 e. The molecule has 1 aliphatic carbocycles. The molecule has 11 heavy (non-hydrogen) atoms. The lowest BCUT2D eigenvalue weighted by molar-refractivity contribution is -0.146. The van der Waals surface area contributed by atoms with E-state index < -0.39 is 0 Å². The number of rotatable bonds is 3. The summed E-state index contributed by atoms with van der Waals surface area (Å²) in [7, 11) is 3.15. The van der Waals surface area contributed by atoms with Crippen molar-refractivity contribution in [2.75, 3.05) is 14.2 Å². The highest BCUT2D eigenvalue weighted by Crippen LogP contribution is 2.49. The second-order valence-electron chi connectivity index (χ2n) is 2.92. The SMILES string of the molecule is C/N=C/CC1(C(=O)OC)CC1. The van der Waals surface area contributed by atoms with Gasteiger partial charge in [-0.15, -0.1) is 0 Å². The Labute approximate surface area is 66.5 Å². The van der Waals surface area contributed by atoms with Crippen molar-refractivity contribution in [1.82, 2.24) is 0 Å². The van der Waals surface area contributed by atoms with Crippen LogP contribution in [0.1, 0.15) is 19.3 Å². The van der Waals surface area contributed by atoms with Gasteiger partial charge in [-0.25, -0.2) is 0 Å².